The van der Waals surface area contributed by atoms with Crippen molar-refractivity contribution in [3.63, 3.8) is 0 Å². The SMILES string of the molecule is CCCCCCCCC1=CCC(CN(C)C)C1=O.Cl. The number of hydrogen-bond acceptors (Lipinski definition) is 2. The fourth-order valence-electron chi connectivity index (χ4n) is 2.67. The number of ketones is 1. The molecule has 0 saturated carbocycles. The van der Waals surface area contributed by atoms with Crippen LogP contribution in [0.2, 0.25) is 0 Å². The number of carbonyl (C=O) groups excluding carboxylic acids is 1. The summed E-state index contributed by atoms with van der Waals surface area (Å²) in [6, 6.07) is 0. The second-order valence-corrected chi connectivity index (χ2v) is 5.81. The van der Waals surface area contributed by atoms with E-state index < -0.39 is 0 Å². The molecule has 1 atom stereocenters. The molecule has 0 spiro atoms. The average Bonchev–Trinajstić information content (AvgIpc) is 2.65. The van der Waals surface area contributed by atoms with E-state index in [2.05, 4.69) is 17.9 Å². The Morgan fingerprint density at radius 3 is 2.42 bits per heavy atom. The Bertz CT molecular complexity index is 286. The zero-order valence-electron chi connectivity index (χ0n) is 12.8. The highest BCUT2D eigenvalue weighted by Gasteiger charge is 2.26. The minimum atomic E-state index is 0. The first-order valence-electron chi connectivity index (χ1n) is 7.53. The largest absolute Gasteiger partial charge is 0.309 e. The lowest BCUT2D eigenvalue weighted by molar-refractivity contribution is -0.118. The van der Waals surface area contributed by atoms with E-state index in [1.807, 2.05) is 14.1 Å². The van der Waals surface area contributed by atoms with Crippen molar-refractivity contribution in [2.24, 2.45) is 5.92 Å². The van der Waals surface area contributed by atoms with Crippen LogP contribution in [0.1, 0.15) is 58.3 Å². The maximum absolute atomic E-state index is 12.1. The number of unbranched alkanes of at least 4 members (excludes halogenated alkanes) is 5. The summed E-state index contributed by atoms with van der Waals surface area (Å²) in [7, 11) is 4.08. The summed E-state index contributed by atoms with van der Waals surface area (Å²) < 4.78 is 0. The van der Waals surface area contributed by atoms with Gasteiger partial charge in [0.15, 0.2) is 5.78 Å². The molecule has 0 aromatic rings. The number of hydrogen-bond donors (Lipinski definition) is 0. The van der Waals surface area contributed by atoms with E-state index in [1.54, 1.807) is 0 Å². The topological polar surface area (TPSA) is 20.3 Å². The maximum atomic E-state index is 12.1. The number of allylic oxidation sites excluding steroid dienone is 2. The van der Waals surface area contributed by atoms with Crippen LogP contribution in [0.25, 0.3) is 0 Å². The predicted octanol–water partition coefficient (Wildman–Crippen LogP) is 4.24. The average molecular weight is 288 g/mol. The van der Waals surface area contributed by atoms with E-state index in [1.165, 1.54) is 38.5 Å². The first-order chi connectivity index (χ1) is 8.65. The highest BCUT2D eigenvalue weighted by molar-refractivity contribution is 5.99. The lowest BCUT2D eigenvalue weighted by Gasteiger charge is -2.15. The van der Waals surface area contributed by atoms with Crippen LogP contribution in [0.3, 0.4) is 0 Å². The van der Waals surface area contributed by atoms with Crippen molar-refractivity contribution < 1.29 is 4.79 Å². The zero-order valence-corrected chi connectivity index (χ0v) is 13.6. The number of halogens is 1. The molecular formula is C16H30ClNO. The van der Waals surface area contributed by atoms with Crippen LogP contribution in [-0.4, -0.2) is 31.3 Å². The van der Waals surface area contributed by atoms with Crippen LogP contribution < -0.4 is 0 Å². The van der Waals surface area contributed by atoms with Gasteiger partial charge in [0.25, 0.3) is 0 Å². The predicted molar refractivity (Wildman–Crippen MR) is 85.0 cm³/mol. The molecule has 1 aliphatic carbocycles. The third kappa shape index (κ3) is 7.12. The fraction of sp³-hybridized carbons (Fsp3) is 0.812. The first-order valence-corrected chi connectivity index (χ1v) is 7.53. The van der Waals surface area contributed by atoms with Gasteiger partial charge in [0, 0.05) is 12.5 Å². The van der Waals surface area contributed by atoms with E-state index >= 15 is 0 Å². The normalized spacial score (nSPS) is 18.6. The molecule has 19 heavy (non-hydrogen) atoms. The summed E-state index contributed by atoms with van der Waals surface area (Å²) in [5, 5.41) is 0. The van der Waals surface area contributed by atoms with Gasteiger partial charge in [0.2, 0.25) is 0 Å². The molecule has 1 rings (SSSR count). The van der Waals surface area contributed by atoms with Gasteiger partial charge >= 0.3 is 0 Å². The zero-order chi connectivity index (χ0) is 13.4. The molecule has 1 aliphatic rings. The van der Waals surface area contributed by atoms with Gasteiger partial charge in [-0.15, -0.1) is 12.4 Å². The van der Waals surface area contributed by atoms with Crippen LogP contribution in [0.15, 0.2) is 11.6 Å². The smallest absolute Gasteiger partial charge is 0.163 e. The van der Waals surface area contributed by atoms with Crippen LogP contribution in [0, 0.1) is 5.92 Å². The van der Waals surface area contributed by atoms with E-state index in [9.17, 15) is 4.79 Å². The van der Waals surface area contributed by atoms with Gasteiger partial charge in [-0.3, -0.25) is 4.79 Å². The molecule has 0 amide bonds. The second kappa shape index (κ2) is 10.4. The van der Waals surface area contributed by atoms with Crippen LogP contribution in [0.4, 0.5) is 0 Å². The molecule has 0 radical (unpaired) electrons. The minimum absolute atomic E-state index is 0. The quantitative estimate of drug-likeness (QED) is 0.591. The standard InChI is InChI=1S/C16H29NO.ClH/c1-4-5-6-7-8-9-10-14-11-12-15(16(14)18)13-17(2)3;/h11,15H,4-10,12-13H2,1-3H3;1H. The molecule has 2 nitrogen and oxygen atoms in total. The van der Waals surface area contributed by atoms with Gasteiger partial charge in [-0.2, -0.15) is 0 Å². The summed E-state index contributed by atoms with van der Waals surface area (Å²) in [4.78, 5) is 14.2. The van der Waals surface area contributed by atoms with Crippen molar-refractivity contribution >= 4 is 18.2 Å². The van der Waals surface area contributed by atoms with E-state index in [4.69, 9.17) is 0 Å². The summed E-state index contributed by atoms with van der Waals surface area (Å²) in [6.45, 7) is 3.14. The van der Waals surface area contributed by atoms with Crippen molar-refractivity contribution in [3.8, 4) is 0 Å². The van der Waals surface area contributed by atoms with Gasteiger partial charge in [-0.05, 0) is 38.9 Å². The third-order valence-corrected chi connectivity index (χ3v) is 3.72. The molecule has 0 heterocycles. The van der Waals surface area contributed by atoms with Crippen LogP contribution >= 0.6 is 12.4 Å². The molecule has 3 heteroatoms. The number of nitrogens with zero attached hydrogens (tertiary/aromatic N) is 1. The molecular weight excluding hydrogens is 258 g/mol. The monoisotopic (exact) mass is 287 g/mol. The molecule has 0 aromatic heterocycles. The summed E-state index contributed by atoms with van der Waals surface area (Å²) in [6.07, 6.45) is 12.0. The molecule has 112 valence electrons. The van der Waals surface area contributed by atoms with Gasteiger partial charge in [-0.1, -0.05) is 45.1 Å². The minimum Gasteiger partial charge on any atom is -0.309 e. The Balaban J connectivity index is 0.00000324. The van der Waals surface area contributed by atoms with Crippen LogP contribution in [-0.2, 0) is 4.79 Å². The van der Waals surface area contributed by atoms with E-state index in [0.717, 1.165) is 25.0 Å². The van der Waals surface area contributed by atoms with E-state index in [-0.39, 0.29) is 18.3 Å². The molecule has 0 bridgehead atoms. The Morgan fingerprint density at radius 2 is 1.79 bits per heavy atom. The van der Waals surface area contributed by atoms with Gasteiger partial charge in [0.1, 0.15) is 0 Å². The van der Waals surface area contributed by atoms with Crippen LogP contribution in [0.5, 0.6) is 0 Å². The first kappa shape index (κ1) is 18.7. The Kier molecular flexibility index (Phi) is 10.3. The summed E-state index contributed by atoms with van der Waals surface area (Å²) >= 11 is 0. The van der Waals surface area contributed by atoms with Crippen molar-refractivity contribution in [3.05, 3.63) is 11.6 Å². The maximum Gasteiger partial charge on any atom is 0.163 e. The van der Waals surface area contributed by atoms with Crippen molar-refractivity contribution in [1.29, 1.82) is 0 Å². The molecule has 0 aromatic carbocycles. The highest BCUT2D eigenvalue weighted by Crippen LogP contribution is 2.25. The Hall–Kier alpha value is -0.340. The highest BCUT2D eigenvalue weighted by atomic mass is 35.5. The Morgan fingerprint density at radius 1 is 1.16 bits per heavy atom. The molecule has 0 aliphatic heterocycles. The second-order valence-electron chi connectivity index (χ2n) is 5.81. The summed E-state index contributed by atoms with van der Waals surface area (Å²) in [5.41, 5.74) is 1.11. The number of rotatable bonds is 9. The molecule has 0 fully saturated rings. The third-order valence-electron chi connectivity index (χ3n) is 3.72. The molecule has 1 unspecified atom stereocenters. The Labute approximate surface area is 125 Å². The molecule has 0 N–H and O–H groups in total. The van der Waals surface area contributed by atoms with Crippen molar-refractivity contribution in [2.45, 2.75) is 58.3 Å². The fourth-order valence-corrected chi connectivity index (χ4v) is 2.67. The van der Waals surface area contributed by atoms with Crippen molar-refractivity contribution in [2.75, 3.05) is 20.6 Å². The van der Waals surface area contributed by atoms with Gasteiger partial charge in [0.05, 0.1) is 0 Å². The van der Waals surface area contributed by atoms with Crippen molar-refractivity contribution in [1.82, 2.24) is 4.90 Å². The lowest BCUT2D eigenvalue weighted by Crippen LogP contribution is -2.25. The number of carbonyl (C=O) groups is 1. The lowest BCUT2D eigenvalue weighted by atomic mass is 9.99. The molecule has 0 saturated heterocycles. The van der Waals surface area contributed by atoms with Gasteiger partial charge < -0.3 is 4.90 Å². The van der Waals surface area contributed by atoms with Gasteiger partial charge in [-0.25, -0.2) is 0 Å². The summed E-state index contributed by atoms with van der Waals surface area (Å²) in [5.74, 6) is 0.646. The van der Waals surface area contributed by atoms with E-state index in [0.29, 0.717) is 5.78 Å². The number of Topliss-reactive ketones (excluding diaryl/α,β-unsaturated/α-hetero) is 1.